The normalized spacial score (nSPS) is 15.4. The Labute approximate surface area is 110 Å². The maximum atomic E-state index is 11.2. The quantitative estimate of drug-likeness (QED) is 0.857. The Hall–Kier alpha value is -1.92. The summed E-state index contributed by atoms with van der Waals surface area (Å²) in [5.41, 5.74) is 1.83. The lowest BCUT2D eigenvalue weighted by Gasteiger charge is -2.16. The molecule has 1 saturated heterocycles. The lowest BCUT2D eigenvalue weighted by molar-refractivity contribution is -0.136. The van der Waals surface area contributed by atoms with Crippen molar-refractivity contribution in [3.05, 3.63) is 29.3 Å². The predicted octanol–water partition coefficient (Wildman–Crippen LogP) is 1.32. The molecular weight excluding hydrogens is 250 g/mol. The monoisotopic (exact) mass is 265 g/mol. The number of hydrogen-bond acceptors (Lipinski definition) is 4. The van der Waals surface area contributed by atoms with Crippen LogP contribution in [0.15, 0.2) is 18.2 Å². The van der Waals surface area contributed by atoms with E-state index in [4.69, 9.17) is 14.6 Å². The first-order valence-corrected chi connectivity index (χ1v) is 5.91. The molecule has 1 aliphatic heterocycles. The Morgan fingerprint density at radius 3 is 2.63 bits per heavy atom. The molecule has 1 aromatic rings. The van der Waals surface area contributed by atoms with Crippen LogP contribution in [-0.2, 0) is 25.5 Å². The topological polar surface area (TPSA) is 84.9 Å². The van der Waals surface area contributed by atoms with Crippen LogP contribution in [0.25, 0.3) is 0 Å². The number of hydrogen-bond donors (Lipinski definition) is 2. The third-order valence-electron chi connectivity index (χ3n) is 2.66. The first kappa shape index (κ1) is 13.5. The van der Waals surface area contributed by atoms with Crippen LogP contribution in [0.5, 0.6) is 0 Å². The first-order chi connectivity index (χ1) is 9.06. The van der Waals surface area contributed by atoms with E-state index in [-0.39, 0.29) is 12.3 Å². The van der Waals surface area contributed by atoms with Gasteiger partial charge < -0.3 is 19.9 Å². The summed E-state index contributed by atoms with van der Waals surface area (Å²) in [4.78, 5) is 21.9. The molecule has 1 fully saturated rings. The van der Waals surface area contributed by atoms with Crippen LogP contribution in [0.1, 0.15) is 24.3 Å². The van der Waals surface area contributed by atoms with Crippen molar-refractivity contribution in [2.75, 3.05) is 18.5 Å². The highest BCUT2D eigenvalue weighted by atomic mass is 16.7. The van der Waals surface area contributed by atoms with Crippen molar-refractivity contribution < 1.29 is 24.2 Å². The van der Waals surface area contributed by atoms with Gasteiger partial charge in [-0.05, 0) is 11.6 Å². The van der Waals surface area contributed by atoms with E-state index < -0.39 is 12.3 Å². The number of carbonyl (C=O) groups is 2. The molecule has 0 bridgehead atoms. The van der Waals surface area contributed by atoms with E-state index in [1.54, 1.807) is 18.2 Å². The van der Waals surface area contributed by atoms with Gasteiger partial charge in [-0.3, -0.25) is 9.59 Å². The number of carbonyl (C=O) groups excluding carboxylic acids is 1. The van der Waals surface area contributed by atoms with Gasteiger partial charge in [0.2, 0.25) is 5.91 Å². The van der Waals surface area contributed by atoms with E-state index in [0.29, 0.717) is 30.0 Å². The number of nitrogens with one attached hydrogen (secondary N) is 1. The molecule has 0 aromatic heterocycles. The van der Waals surface area contributed by atoms with E-state index in [1.165, 1.54) is 6.92 Å². The molecular formula is C13H15NO5. The zero-order valence-electron chi connectivity index (χ0n) is 10.5. The maximum absolute atomic E-state index is 11.2. The fraction of sp³-hybridized carbons (Fsp3) is 0.385. The van der Waals surface area contributed by atoms with Crippen LogP contribution in [0.4, 0.5) is 5.69 Å². The van der Waals surface area contributed by atoms with Crippen LogP contribution in [0, 0.1) is 0 Å². The molecule has 1 aliphatic rings. The largest absolute Gasteiger partial charge is 0.481 e. The van der Waals surface area contributed by atoms with Crippen molar-refractivity contribution in [1.29, 1.82) is 0 Å². The predicted molar refractivity (Wildman–Crippen MR) is 66.7 cm³/mol. The van der Waals surface area contributed by atoms with Crippen LogP contribution in [0.3, 0.4) is 0 Å². The number of carboxylic acid groups (broad SMARTS) is 1. The van der Waals surface area contributed by atoms with Crippen molar-refractivity contribution >= 4 is 17.6 Å². The summed E-state index contributed by atoms with van der Waals surface area (Å²) in [6.07, 6.45) is -0.611. The standard InChI is InChI=1S/C13H15NO5/c1-8(15)14-11-6-9(7-12(16)17)2-3-10(11)13-18-4-5-19-13/h2-3,6,13H,4-5,7H2,1H3,(H,14,15)(H,16,17). The van der Waals surface area contributed by atoms with Crippen LogP contribution in [-0.4, -0.2) is 30.2 Å². The number of amides is 1. The summed E-state index contributed by atoms with van der Waals surface area (Å²) in [6, 6.07) is 5.05. The highest BCUT2D eigenvalue weighted by molar-refractivity contribution is 5.90. The Morgan fingerprint density at radius 2 is 2.05 bits per heavy atom. The molecule has 1 heterocycles. The number of aliphatic carboxylic acids is 1. The Bertz CT molecular complexity index is 494. The lowest BCUT2D eigenvalue weighted by Crippen LogP contribution is -2.12. The van der Waals surface area contributed by atoms with E-state index >= 15 is 0 Å². The van der Waals surface area contributed by atoms with Gasteiger partial charge in [0, 0.05) is 18.2 Å². The van der Waals surface area contributed by atoms with Crippen molar-refractivity contribution in [2.45, 2.75) is 19.6 Å². The minimum atomic E-state index is -0.921. The summed E-state index contributed by atoms with van der Waals surface area (Å²) in [6.45, 7) is 2.39. The van der Waals surface area contributed by atoms with Gasteiger partial charge in [-0.25, -0.2) is 0 Å². The lowest BCUT2D eigenvalue weighted by atomic mass is 10.1. The van der Waals surface area contributed by atoms with Gasteiger partial charge in [0.1, 0.15) is 0 Å². The van der Waals surface area contributed by atoms with Crippen LogP contribution < -0.4 is 5.32 Å². The van der Waals surface area contributed by atoms with Gasteiger partial charge >= 0.3 is 5.97 Å². The molecule has 1 amide bonds. The van der Waals surface area contributed by atoms with E-state index in [0.717, 1.165) is 0 Å². The molecule has 6 nitrogen and oxygen atoms in total. The van der Waals surface area contributed by atoms with Gasteiger partial charge in [-0.2, -0.15) is 0 Å². The zero-order chi connectivity index (χ0) is 13.8. The van der Waals surface area contributed by atoms with Crippen molar-refractivity contribution in [2.24, 2.45) is 0 Å². The molecule has 0 unspecified atom stereocenters. The molecule has 0 aliphatic carbocycles. The Morgan fingerprint density at radius 1 is 1.37 bits per heavy atom. The van der Waals surface area contributed by atoms with Crippen LogP contribution >= 0.6 is 0 Å². The molecule has 0 spiro atoms. The molecule has 6 heteroatoms. The molecule has 0 atom stereocenters. The van der Waals surface area contributed by atoms with Gasteiger partial charge in [0.25, 0.3) is 0 Å². The summed E-state index contributed by atoms with van der Waals surface area (Å²) >= 11 is 0. The van der Waals surface area contributed by atoms with E-state index in [2.05, 4.69) is 5.32 Å². The summed E-state index contributed by atoms with van der Waals surface area (Å²) in [5.74, 6) is -1.15. The minimum absolute atomic E-state index is 0.0980. The molecule has 2 N–H and O–H groups in total. The van der Waals surface area contributed by atoms with Gasteiger partial charge in [0.05, 0.1) is 19.6 Å². The second kappa shape index (κ2) is 5.81. The number of anilines is 1. The highest BCUT2D eigenvalue weighted by Gasteiger charge is 2.22. The Kier molecular flexibility index (Phi) is 4.13. The second-order valence-corrected chi connectivity index (χ2v) is 4.25. The zero-order valence-corrected chi connectivity index (χ0v) is 10.5. The maximum Gasteiger partial charge on any atom is 0.307 e. The van der Waals surface area contributed by atoms with Gasteiger partial charge in [0.15, 0.2) is 6.29 Å². The fourth-order valence-electron chi connectivity index (χ4n) is 1.93. The highest BCUT2D eigenvalue weighted by Crippen LogP contribution is 2.30. The van der Waals surface area contributed by atoms with E-state index in [9.17, 15) is 9.59 Å². The molecule has 102 valence electrons. The third-order valence-corrected chi connectivity index (χ3v) is 2.66. The Balaban J connectivity index is 2.30. The second-order valence-electron chi connectivity index (χ2n) is 4.25. The van der Waals surface area contributed by atoms with Gasteiger partial charge in [-0.15, -0.1) is 0 Å². The molecule has 0 radical (unpaired) electrons. The number of rotatable bonds is 4. The smallest absolute Gasteiger partial charge is 0.307 e. The fourth-order valence-corrected chi connectivity index (χ4v) is 1.93. The molecule has 2 rings (SSSR count). The summed E-state index contributed by atoms with van der Waals surface area (Å²) in [5, 5.41) is 11.5. The van der Waals surface area contributed by atoms with Gasteiger partial charge in [-0.1, -0.05) is 12.1 Å². The van der Waals surface area contributed by atoms with Crippen molar-refractivity contribution in [1.82, 2.24) is 0 Å². The summed E-state index contributed by atoms with van der Waals surface area (Å²) < 4.78 is 10.8. The SMILES string of the molecule is CC(=O)Nc1cc(CC(=O)O)ccc1C1OCCO1. The first-order valence-electron chi connectivity index (χ1n) is 5.91. The molecule has 1 aromatic carbocycles. The number of carboxylic acids is 1. The van der Waals surface area contributed by atoms with Crippen LogP contribution in [0.2, 0.25) is 0 Å². The minimum Gasteiger partial charge on any atom is -0.481 e. The summed E-state index contributed by atoms with van der Waals surface area (Å²) in [7, 11) is 0. The number of benzene rings is 1. The van der Waals surface area contributed by atoms with Crippen molar-refractivity contribution in [3.63, 3.8) is 0 Å². The van der Waals surface area contributed by atoms with Crippen molar-refractivity contribution in [3.8, 4) is 0 Å². The average Bonchev–Trinajstić information content (AvgIpc) is 2.81. The third kappa shape index (κ3) is 3.52. The molecule has 0 saturated carbocycles. The van der Waals surface area contributed by atoms with E-state index in [1.807, 2.05) is 0 Å². The number of ether oxygens (including phenoxy) is 2. The average molecular weight is 265 g/mol. The molecule has 19 heavy (non-hydrogen) atoms.